The second-order valence-electron chi connectivity index (χ2n) is 12.8. The molecule has 0 N–H and O–H groups in total. The first-order valence-electron chi connectivity index (χ1n) is 15.7. The first kappa shape index (κ1) is 32.4. The highest BCUT2D eigenvalue weighted by Crippen LogP contribution is 2.46. The van der Waals surface area contributed by atoms with Crippen molar-refractivity contribution in [2.24, 2.45) is 11.8 Å². The van der Waals surface area contributed by atoms with Crippen LogP contribution in [0.1, 0.15) is 60.4 Å². The van der Waals surface area contributed by atoms with Gasteiger partial charge in [-0.3, -0.25) is 19.5 Å². The van der Waals surface area contributed by atoms with Gasteiger partial charge in [-0.15, -0.1) is 0 Å². The molecular weight excluding hydrogens is 732 g/mol. The number of hydrogen-bond acceptors (Lipinski definition) is 6. The molecule has 4 heterocycles. The molecular formula is C32H39Br2ClN4O4S. The number of benzene rings is 1. The van der Waals surface area contributed by atoms with Crippen molar-refractivity contribution in [3.8, 4) is 0 Å². The van der Waals surface area contributed by atoms with E-state index in [4.69, 9.17) is 16.6 Å². The van der Waals surface area contributed by atoms with E-state index in [9.17, 15) is 18.0 Å². The van der Waals surface area contributed by atoms with E-state index in [1.165, 1.54) is 16.7 Å². The van der Waals surface area contributed by atoms with Crippen LogP contribution in [0.15, 0.2) is 33.3 Å². The lowest BCUT2D eigenvalue weighted by molar-refractivity contribution is -0.135. The molecule has 1 unspecified atom stereocenters. The normalized spacial score (nSPS) is 23.1. The fourth-order valence-electron chi connectivity index (χ4n) is 7.47. The lowest BCUT2D eigenvalue weighted by Gasteiger charge is -2.38. The summed E-state index contributed by atoms with van der Waals surface area (Å²) < 4.78 is 25.4. The fourth-order valence-corrected chi connectivity index (χ4v) is 10.3. The van der Waals surface area contributed by atoms with Gasteiger partial charge in [-0.1, -0.05) is 27.5 Å². The van der Waals surface area contributed by atoms with Gasteiger partial charge in [0, 0.05) is 71.8 Å². The summed E-state index contributed by atoms with van der Waals surface area (Å²) in [6, 6.07) is 6.30. The highest BCUT2D eigenvalue weighted by atomic mass is 79.9. The molecule has 0 spiro atoms. The third kappa shape index (κ3) is 7.37. The van der Waals surface area contributed by atoms with Crippen LogP contribution in [-0.2, 0) is 32.3 Å². The summed E-state index contributed by atoms with van der Waals surface area (Å²) in [6.07, 6.45) is 7.78. The largest absolute Gasteiger partial charge is 0.343 e. The molecule has 8 nitrogen and oxygen atoms in total. The maximum absolute atomic E-state index is 13.4. The number of fused-ring (bicyclic) bond motifs is 2. The van der Waals surface area contributed by atoms with Crippen molar-refractivity contribution in [1.29, 1.82) is 0 Å². The number of pyridine rings is 1. The molecule has 2 aromatic rings. The van der Waals surface area contributed by atoms with Crippen LogP contribution in [-0.4, -0.2) is 97.2 Å². The van der Waals surface area contributed by atoms with Gasteiger partial charge in [-0.05, 0) is 101 Å². The Hall–Kier alpha value is -1.53. The first-order chi connectivity index (χ1) is 21.1. The Bertz CT molecular complexity index is 1510. The second-order valence-corrected chi connectivity index (χ2v) is 17.3. The molecule has 3 saturated heterocycles. The zero-order valence-electron chi connectivity index (χ0n) is 24.8. The monoisotopic (exact) mass is 768 g/mol. The molecule has 3 fully saturated rings. The van der Waals surface area contributed by atoms with Gasteiger partial charge in [0.05, 0.1) is 23.7 Å². The van der Waals surface area contributed by atoms with E-state index in [2.05, 4.69) is 44.0 Å². The molecule has 2 amide bonds. The Morgan fingerprint density at radius 1 is 0.864 bits per heavy atom. The molecule has 6 rings (SSSR count). The van der Waals surface area contributed by atoms with Crippen molar-refractivity contribution in [2.45, 2.75) is 50.9 Å². The molecule has 44 heavy (non-hydrogen) atoms. The van der Waals surface area contributed by atoms with Gasteiger partial charge in [0.25, 0.3) is 0 Å². The minimum atomic E-state index is -2.96. The molecule has 1 aliphatic carbocycles. The SMILES string of the molecule is O=C(CC1CCN(C(=O)CN2CCS(=O)(=O)CC2)CC1)N1CCC(C2c3ncc(Br)cc3CCc3cc(Cl)cc(Br)c32)CC1. The number of hydrogen-bond donors (Lipinski definition) is 0. The zero-order valence-corrected chi connectivity index (χ0v) is 29.6. The molecule has 3 aliphatic heterocycles. The highest BCUT2D eigenvalue weighted by molar-refractivity contribution is 9.10. The predicted octanol–water partition coefficient (Wildman–Crippen LogP) is 5.09. The van der Waals surface area contributed by atoms with Crippen LogP contribution in [0, 0.1) is 11.8 Å². The van der Waals surface area contributed by atoms with Crippen LogP contribution in [0.5, 0.6) is 0 Å². The molecule has 0 saturated carbocycles. The smallest absolute Gasteiger partial charge is 0.236 e. The minimum absolute atomic E-state index is 0.0635. The highest BCUT2D eigenvalue weighted by Gasteiger charge is 2.37. The number of carbonyl (C=O) groups is 2. The molecule has 4 aliphatic rings. The van der Waals surface area contributed by atoms with Gasteiger partial charge in [-0.2, -0.15) is 0 Å². The predicted molar refractivity (Wildman–Crippen MR) is 179 cm³/mol. The van der Waals surface area contributed by atoms with Gasteiger partial charge in [0.2, 0.25) is 11.8 Å². The van der Waals surface area contributed by atoms with Crippen LogP contribution in [0.2, 0.25) is 5.02 Å². The van der Waals surface area contributed by atoms with E-state index in [0.29, 0.717) is 38.5 Å². The number of piperidine rings is 2. The van der Waals surface area contributed by atoms with E-state index in [1.54, 1.807) is 0 Å². The number of nitrogens with zero attached hydrogens (tertiary/aromatic N) is 4. The molecule has 0 radical (unpaired) electrons. The van der Waals surface area contributed by atoms with E-state index >= 15 is 0 Å². The van der Waals surface area contributed by atoms with E-state index < -0.39 is 9.84 Å². The Balaban J connectivity index is 1.03. The van der Waals surface area contributed by atoms with Crippen LogP contribution < -0.4 is 0 Å². The Morgan fingerprint density at radius 2 is 1.50 bits per heavy atom. The number of rotatable bonds is 5. The molecule has 238 valence electrons. The first-order valence-corrected chi connectivity index (χ1v) is 19.5. The van der Waals surface area contributed by atoms with E-state index in [-0.39, 0.29) is 41.7 Å². The van der Waals surface area contributed by atoms with Crippen molar-refractivity contribution in [2.75, 3.05) is 57.3 Å². The van der Waals surface area contributed by atoms with E-state index in [0.717, 1.165) is 71.3 Å². The number of aryl methyl sites for hydroxylation is 2. The molecule has 0 bridgehead atoms. The molecule has 1 aromatic heterocycles. The van der Waals surface area contributed by atoms with Crippen molar-refractivity contribution in [3.05, 3.63) is 60.7 Å². The lowest BCUT2D eigenvalue weighted by Crippen LogP contribution is -2.48. The number of likely N-dealkylation sites (tertiary alicyclic amines) is 2. The van der Waals surface area contributed by atoms with Crippen molar-refractivity contribution in [3.63, 3.8) is 0 Å². The van der Waals surface area contributed by atoms with Gasteiger partial charge in [0.1, 0.15) is 0 Å². The summed E-state index contributed by atoms with van der Waals surface area (Å²) in [5.41, 5.74) is 4.98. The number of sulfone groups is 1. The third-order valence-electron chi connectivity index (χ3n) is 10.0. The molecule has 12 heteroatoms. The second kappa shape index (κ2) is 13.7. The third-order valence-corrected chi connectivity index (χ3v) is 12.9. The van der Waals surface area contributed by atoms with Crippen molar-refractivity contribution in [1.82, 2.24) is 19.7 Å². The van der Waals surface area contributed by atoms with Crippen LogP contribution in [0.4, 0.5) is 0 Å². The summed E-state index contributed by atoms with van der Waals surface area (Å²) in [5.74, 6) is 1.35. The van der Waals surface area contributed by atoms with Crippen molar-refractivity contribution >= 4 is 65.1 Å². The number of carbonyl (C=O) groups excluding carboxylic acids is 2. The fraction of sp³-hybridized carbons (Fsp3) is 0.594. The van der Waals surface area contributed by atoms with Crippen LogP contribution in [0.3, 0.4) is 0 Å². The summed E-state index contributed by atoms with van der Waals surface area (Å²) >= 11 is 13.9. The van der Waals surface area contributed by atoms with Crippen molar-refractivity contribution < 1.29 is 18.0 Å². The quantitative estimate of drug-likeness (QED) is 0.422. The molecule has 1 aromatic carbocycles. The van der Waals surface area contributed by atoms with Gasteiger partial charge in [-0.25, -0.2) is 8.42 Å². The number of amides is 2. The Kier molecular flexibility index (Phi) is 10.1. The summed E-state index contributed by atoms with van der Waals surface area (Å²) in [5, 5.41) is 0.740. The Labute approximate surface area is 282 Å². The number of aromatic nitrogens is 1. The summed E-state index contributed by atoms with van der Waals surface area (Å²) in [7, 11) is -2.96. The lowest BCUT2D eigenvalue weighted by atomic mass is 9.76. The number of halogens is 3. The maximum Gasteiger partial charge on any atom is 0.236 e. The Morgan fingerprint density at radius 3 is 2.20 bits per heavy atom. The zero-order chi connectivity index (χ0) is 31.0. The standard InChI is InChI=1S/C32H39Br2ClN4O4S/c33-25-16-24-2-1-23-17-26(35)18-27(34)30(23)31(32(24)36-19-25)22-5-9-38(10-6-22)28(40)15-21-3-7-39(8-4-21)29(41)20-37-11-13-44(42,43)14-12-37/h16-19,21-22,31H,1-15,20H2. The average molecular weight is 771 g/mol. The minimum Gasteiger partial charge on any atom is -0.343 e. The van der Waals surface area contributed by atoms with Crippen LogP contribution in [0.25, 0.3) is 0 Å². The van der Waals surface area contributed by atoms with E-state index in [1.807, 2.05) is 27.0 Å². The topological polar surface area (TPSA) is 90.9 Å². The van der Waals surface area contributed by atoms with Gasteiger partial charge < -0.3 is 9.80 Å². The van der Waals surface area contributed by atoms with Gasteiger partial charge in [0.15, 0.2) is 9.84 Å². The summed E-state index contributed by atoms with van der Waals surface area (Å²) in [6.45, 7) is 3.94. The van der Waals surface area contributed by atoms with Crippen LogP contribution >= 0.6 is 43.5 Å². The summed E-state index contributed by atoms with van der Waals surface area (Å²) in [4.78, 5) is 37.1. The molecule has 1 atom stereocenters. The van der Waals surface area contributed by atoms with Gasteiger partial charge >= 0.3 is 0 Å². The maximum atomic E-state index is 13.4. The average Bonchev–Trinajstić information content (AvgIpc) is 3.15.